The highest BCUT2D eigenvalue weighted by Crippen LogP contribution is 2.09. The summed E-state index contributed by atoms with van der Waals surface area (Å²) < 4.78 is 0. The van der Waals surface area contributed by atoms with Crippen molar-refractivity contribution in [2.45, 2.75) is 65.7 Å². The molecule has 1 aliphatic heterocycles. The molecule has 14 heavy (non-hydrogen) atoms. The molecule has 0 aromatic carbocycles. The third-order valence-corrected chi connectivity index (χ3v) is 2.74. The maximum atomic E-state index is 2.60. The van der Waals surface area contributed by atoms with Gasteiger partial charge in [0.1, 0.15) is 0 Å². The topological polar surface area (TPSA) is 3.24 Å². The van der Waals surface area contributed by atoms with Gasteiger partial charge >= 0.3 is 0 Å². The predicted octanol–water partition coefficient (Wildman–Crippen LogP) is 4.08. The lowest BCUT2D eigenvalue weighted by atomic mass is 10.2. The van der Waals surface area contributed by atoms with Crippen LogP contribution in [-0.2, 0) is 0 Å². The van der Waals surface area contributed by atoms with Gasteiger partial charge in [0.05, 0.1) is 0 Å². The second-order valence-corrected chi connectivity index (χ2v) is 4.26. The number of hydrogen-bond acceptors (Lipinski definition) is 1. The van der Waals surface area contributed by atoms with Crippen LogP contribution in [0.3, 0.4) is 0 Å². The van der Waals surface area contributed by atoms with Crippen LogP contribution in [-0.4, -0.2) is 24.5 Å². The van der Waals surface area contributed by atoms with Crippen molar-refractivity contribution < 1.29 is 0 Å². The quantitative estimate of drug-likeness (QED) is 0.662. The largest absolute Gasteiger partial charge is 0.303 e. The summed E-state index contributed by atoms with van der Waals surface area (Å²) in [6, 6.07) is 0. The summed E-state index contributed by atoms with van der Waals surface area (Å²) in [4.78, 5) is 2.60. The third kappa shape index (κ3) is 8.55. The highest BCUT2D eigenvalue weighted by atomic mass is 15.1. The van der Waals surface area contributed by atoms with Gasteiger partial charge in [0.25, 0.3) is 0 Å². The Morgan fingerprint density at radius 2 is 1.21 bits per heavy atom. The van der Waals surface area contributed by atoms with Crippen molar-refractivity contribution in [3.8, 4) is 0 Å². The number of unbranched alkanes of at least 4 members (excludes halogenated alkanes) is 1. The Hall–Kier alpha value is -0.0400. The molecule has 86 valence electrons. The van der Waals surface area contributed by atoms with Crippen molar-refractivity contribution >= 4 is 0 Å². The molecule has 1 rings (SSSR count). The first-order valence-corrected chi connectivity index (χ1v) is 6.57. The van der Waals surface area contributed by atoms with Gasteiger partial charge in [0.2, 0.25) is 0 Å². The van der Waals surface area contributed by atoms with E-state index in [4.69, 9.17) is 0 Å². The molecule has 1 fully saturated rings. The molecule has 0 aromatic rings. The highest BCUT2D eigenvalue weighted by Gasteiger charge is 2.06. The van der Waals surface area contributed by atoms with Gasteiger partial charge in [-0.3, -0.25) is 0 Å². The van der Waals surface area contributed by atoms with E-state index in [9.17, 15) is 0 Å². The zero-order chi connectivity index (χ0) is 10.6. The van der Waals surface area contributed by atoms with E-state index in [1.54, 1.807) is 0 Å². The van der Waals surface area contributed by atoms with Crippen LogP contribution in [0.1, 0.15) is 65.7 Å². The Kier molecular flexibility index (Phi) is 11.0. The van der Waals surface area contributed by atoms with Crippen molar-refractivity contribution in [1.82, 2.24) is 4.90 Å². The van der Waals surface area contributed by atoms with Gasteiger partial charge in [0, 0.05) is 0 Å². The SMILES string of the molecule is CCCC.CCCN1CCCCCC1. The minimum Gasteiger partial charge on any atom is -0.303 e. The van der Waals surface area contributed by atoms with Gasteiger partial charge < -0.3 is 4.90 Å². The monoisotopic (exact) mass is 199 g/mol. The van der Waals surface area contributed by atoms with Crippen LogP contribution in [0.5, 0.6) is 0 Å². The first-order valence-electron chi connectivity index (χ1n) is 6.57. The standard InChI is InChI=1S/C9H19N.C4H10/c1-2-7-10-8-5-3-4-6-9-10;1-3-4-2/h2-9H2,1H3;3-4H2,1-2H3. The van der Waals surface area contributed by atoms with E-state index in [0.717, 1.165) is 0 Å². The van der Waals surface area contributed by atoms with E-state index in [1.165, 1.54) is 64.6 Å². The van der Waals surface area contributed by atoms with Crippen molar-refractivity contribution in [1.29, 1.82) is 0 Å². The first kappa shape index (κ1) is 14.0. The molecule has 0 bridgehead atoms. The Bertz CT molecular complexity index is 91.4. The van der Waals surface area contributed by atoms with Crippen LogP contribution in [0.15, 0.2) is 0 Å². The van der Waals surface area contributed by atoms with Crippen LogP contribution in [0.25, 0.3) is 0 Å². The van der Waals surface area contributed by atoms with Gasteiger partial charge in [0.15, 0.2) is 0 Å². The summed E-state index contributed by atoms with van der Waals surface area (Å²) in [6.45, 7) is 10.7. The van der Waals surface area contributed by atoms with Crippen molar-refractivity contribution in [2.75, 3.05) is 19.6 Å². The number of hydrogen-bond donors (Lipinski definition) is 0. The predicted molar refractivity (Wildman–Crippen MR) is 65.8 cm³/mol. The molecule has 0 N–H and O–H groups in total. The van der Waals surface area contributed by atoms with Crippen LogP contribution < -0.4 is 0 Å². The molecule has 0 saturated carbocycles. The lowest BCUT2D eigenvalue weighted by Gasteiger charge is -2.17. The molecule has 1 saturated heterocycles. The lowest BCUT2D eigenvalue weighted by molar-refractivity contribution is 0.286. The molecule has 1 nitrogen and oxygen atoms in total. The van der Waals surface area contributed by atoms with Crippen molar-refractivity contribution in [2.24, 2.45) is 0 Å². The van der Waals surface area contributed by atoms with Crippen LogP contribution in [0.2, 0.25) is 0 Å². The average Bonchev–Trinajstić information content (AvgIpc) is 2.47. The second kappa shape index (κ2) is 11.0. The fraction of sp³-hybridized carbons (Fsp3) is 1.00. The van der Waals surface area contributed by atoms with Crippen LogP contribution in [0, 0.1) is 0 Å². The number of rotatable bonds is 3. The minimum absolute atomic E-state index is 1.32. The Balaban J connectivity index is 0.000000364. The zero-order valence-electron chi connectivity index (χ0n) is 10.5. The molecule has 0 amide bonds. The molecule has 0 radical (unpaired) electrons. The maximum Gasteiger partial charge on any atom is -0.00187 e. The first-order chi connectivity index (χ1) is 6.85. The van der Waals surface area contributed by atoms with Crippen molar-refractivity contribution in [3.63, 3.8) is 0 Å². The van der Waals surface area contributed by atoms with Crippen LogP contribution in [0.4, 0.5) is 0 Å². The van der Waals surface area contributed by atoms with E-state index < -0.39 is 0 Å². The summed E-state index contributed by atoms with van der Waals surface area (Å²) in [6.07, 6.45) is 9.74. The van der Waals surface area contributed by atoms with E-state index in [0.29, 0.717) is 0 Å². The molecular formula is C13H29N. The normalized spacial score (nSPS) is 18.2. The zero-order valence-corrected chi connectivity index (χ0v) is 10.5. The Labute approximate surface area is 90.9 Å². The number of likely N-dealkylation sites (tertiary alicyclic amines) is 1. The third-order valence-electron chi connectivity index (χ3n) is 2.74. The molecule has 0 aromatic heterocycles. The minimum atomic E-state index is 1.32. The molecule has 0 unspecified atom stereocenters. The molecule has 1 aliphatic rings. The molecular weight excluding hydrogens is 170 g/mol. The van der Waals surface area contributed by atoms with Gasteiger partial charge in [-0.2, -0.15) is 0 Å². The maximum absolute atomic E-state index is 2.60. The molecule has 0 spiro atoms. The fourth-order valence-corrected chi connectivity index (χ4v) is 1.68. The lowest BCUT2D eigenvalue weighted by Crippen LogP contribution is -2.25. The van der Waals surface area contributed by atoms with Gasteiger partial charge in [-0.05, 0) is 38.9 Å². The fourth-order valence-electron chi connectivity index (χ4n) is 1.68. The Morgan fingerprint density at radius 3 is 1.57 bits per heavy atom. The summed E-state index contributed by atoms with van der Waals surface area (Å²) in [5, 5.41) is 0. The van der Waals surface area contributed by atoms with E-state index in [-0.39, 0.29) is 0 Å². The summed E-state index contributed by atoms with van der Waals surface area (Å²) in [7, 11) is 0. The second-order valence-electron chi connectivity index (χ2n) is 4.26. The summed E-state index contributed by atoms with van der Waals surface area (Å²) >= 11 is 0. The number of nitrogens with zero attached hydrogens (tertiary/aromatic N) is 1. The smallest absolute Gasteiger partial charge is 0.00187 e. The van der Waals surface area contributed by atoms with Gasteiger partial charge in [-0.15, -0.1) is 0 Å². The molecule has 0 aliphatic carbocycles. The molecule has 1 heterocycles. The van der Waals surface area contributed by atoms with E-state index in [2.05, 4.69) is 25.7 Å². The summed E-state index contributed by atoms with van der Waals surface area (Å²) in [5.41, 5.74) is 0. The van der Waals surface area contributed by atoms with Crippen molar-refractivity contribution in [3.05, 3.63) is 0 Å². The summed E-state index contributed by atoms with van der Waals surface area (Å²) in [5.74, 6) is 0. The molecule has 1 heteroatoms. The highest BCUT2D eigenvalue weighted by molar-refractivity contribution is 4.61. The van der Waals surface area contributed by atoms with Crippen LogP contribution >= 0.6 is 0 Å². The van der Waals surface area contributed by atoms with Gasteiger partial charge in [-0.25, -0.2) is 0 Å². The van der Waals surface area contributed by atoms with Gasteiger partial charge in [-0.1, -0.05) is 46.5 Å². The van der Waals surface area contributed by atoms with E-state index in [1.807, 2.05) is 0 Å². The average molecular weight is 199 g/mol. The van der Waals surface area contributed by atoms with E-state index >= 15 is 0 Å². The Morgan fingerprint density at radius 1 is 0.714 bits per heavy atom. The molecule has 0 atom stereocenters.